The lowest BCUT2D eigenvalue weighted by Gasteiger charge is -2.27. The van der Waals surface area contributed by atoms with E-state index in [0.29, 0.717) is 23.7 Å². The summed E-state index contributed by atoms with van der Waals surface area (Å²) in [6, 6.07) is 3.17. The number of nitrogens with one attached hydrogen (secondary N) is 1. The van der Waals surface area contributed by atoms with Crippen LogP contribution in [0.4, 0.5) is 18.9 Å². The number of anilines is 1. The van der Waals surface area contributed by atoms with Crippen LogP contribution < -0.4 is 10.1 Å². The number of carbonyl (C=O) groups is 1. The van der Waals surface area contributed by atoms with Gasteiger partial charge in [0.15, 0.2) is 17.4 Å². The Morgan fingerprint density at radius 2 is 2.09 bits per heavy atom. The zero-order valence-electron chi connectivity index (χ0n) is 18.3. The molecular weight excluding hydrogens is 435 g/mol. The Bertz CT molecular complexity index is 1120. The summed E-state index contributed by atoms with van der Waals surface area (Å²) < 4.78 is 52.1. The average Bonchev–Trinajstić information content (AvgIpc) is 3.52. The molecular formula is C24H24F3N3O3. The zero-order chi connectivity index (χ0) is 23.6. The second-order valence-electron chi connectivity index (χ2n) is 8.37. The predicted molar refractivity (Wildman–Crippen MR) is 115 cm³/mol. The zero-order valence-corrected chi connectivity index (χ0v) is 18.3. The molecule has 4 rings (SSSR count). The van der Waals surface area contributed by atoms with Crippen LogP contribution in [0.3, 0.4) is 0 Å². The lowest BCUT2D eigenvalue weighted by Crippen LogP contribution is -2.30. The topological polar surface area (TPSA) is 73.3 Å². The first kappa shape index (κ1) is 23.0. The van der Waals surface area contributed by atoms with Crippen molar-refractivity contribution in [3.8, 4) is 5.75 Å². The summed E-state index contributed by atoms with van der Waals surface area (Å²) in [5, 5.41) is 2.64. The van der Waals surface area contributed by atoms with Crippen LogP contribution in [0.25, 0.3) is 0 Å². The molecule has 1 aromatic carbocycles. The van der Waals surface area contributed by atoms with E-state index in [1.807, 2.05) is 6.08 Å². The van der Waals surface area contributed by atoms with Gasteiger partial charge in [0, 0.05) is 36.6 Å². The van der Waals surface area contributed by atoms with Crippen molar-refractivity contribution in [1.82, 2.24) is 9.97 Å². The van der Waals surface area contributed by atoms with Gasteiger partial charge in [0.05, 0.1) is 19.4 Å². The summed E-state index contributed by atoms with van der Waals surface area (Å²) in [5.74, 6) is -2.43. The van der Waals surface area contributed by atoms with Crippen LogP contribution in [0.2, 0.25) is 0 Å². The first-order chi connectivity index (χ1) is 15.8. The van der Waals surface area contributed by atoms with Crippen molar-refractivity contribution in [2.24, 2.45) is 17.3 Å². The molecule has 9 heteroatoms. The number of hydrogen-bond acceptors (Lipinski definition) is 5. The largest absolute Gasteiger partial charge is 0.489 e. The third kappa shape index (κ3) is 4.93. The fourth-order valence-electron chi connectivity index (χ4n) is 4.27. The summed E-state index contributed by atoms with van der Waals surface area (Å²) in [5.41, 5.74) is 0.0639. The molecule has 2 aliphatic carbocycles. The maximum Gasteiger partial charge on any atom is 0.228 e. The highest BCUT2D eigenvalue weighted by atomic mass is 19.2. The van der Waals surface area contributed by atoms with Gasteiger partial charge in [-0.2, -0.15) is 0 Å². The molecule has 0 bridgehead atoms. The molecule has 1 N–H and O–H groups in total. The number of aromatic nitrogens is 2. The average molecular weight is 459 g/mol. The molecule has 1 unspecified atom stereocenters. The van der Waals surface area contributed by atoms with Crippen LogP contribution in [0.5, 0.6) is 5.75 Å². The third-order valence-electron chi connectivity index (χ3n) is 6.12. The van der Waals surface area contributed by atoms with Crippen molar-refractivity contribution < 1.29 is 27.4 Å². The van der Waals surface area contributed by atoms with E-state index >= 15 is 0 Å². The fraction of sp³-hybridized carbons (Fsp3) is 0.375. The third-order valence-corrected chi connectivity index (χ3v) is 6.12. The van der Waals surface area contributed by atoms with Gasteiger partial charge >= 0.3 is 0 Å². The molecule has 1 heterocycles. The Kier molecular flexibility index (Phi) is 6.51. The van der Waals surface area contributed by atoms with Crippen molar-refractivity contribution in [3.05, 3.63) is 71.6 Å². The van der Waals surface area contributed by atoms with Gasteiger partial charge in [0.1, 0.15) is 17.3 Å². The first-order valence-corrected chi connectivity index (χ1v) is 10.6. The lowest BCUT2D eigenvalue weighted by atomic mass is 9.82. The van der Waals surface area contributed by atoms with Crippen LogP contribution in [-0.4, -0.2) is 29.6 Å². The highest BCUT2D eigenvalue weighted by molar-refractivity contribution is 5.95. The van der Waals surface area contributed by atoms with Crippen molar-refractivity contribution >= 4 is 11.6 Å². The predicted octanol–water partition coefficient (Wildman–Crippen LogP) is 4.66. The van der Waals surface area contributed by atoms with E-state index in [1.165, 1.54) is 12.1 Å². The minimum absolute atomic E-state index is 0.133. The molecule has 0 saturated heterocycles. The molecule has 6 nitrogen and oxygen atoms in total. The number of halogens is 3. The molecule has 2 aromatic rings. The monoisotopic (exact) mass is 459 g/mol. The molecule has 1 fully saturated rings. The number of benzene rings is 1. The SMILES string of the molecule is COCc1nc(C)ncc1OC[C@@]1(C2C=CC=C(F)C2)C[C@H]1C(=O)Nc1ccc(F)c(F)c1. The molecule has 0 aliphatic heterocycles. The van der Waals surface area contributed by atoms with Gasteiger partial charge < -0.3 is 14.8 Å². The second-order valence-corrected chi connectivity index (χ2v) is 8.37. The number of carbonyl (C=O) groups excluding carboxylic acids is 1. The normalized spacial score (nSPS) is 23.7. The summed E-state index contributed by atoms with van der Waals surface area (Å²) in [6.45, 7) is 2.12. The van der Waals surface area contributed by atoms with Crippen LogP contribution in [-0.2, 0) is 16.1 Å². The fourth-order valence-corrected chi connectivity index (χ4v) is 4.27. The Morgan fingerprint density at radius 3 is 2.82 bits per heavy atom. The number of allylic oxidation sites excluding steroid dienone is 4. The number of hydrogen-bond donors (Lipinski definition) is 1. The minimum Gasteiger partial charge on any atom is -0.489 e. The van der Waals surface area contributed by atoms with E-state index in [9.17, 15) is 18.0 Å². The van der Waals surface area contributed by atoms with Gasteiger partial charge in [-0.25, -0.2) is 23.1 Å². The quantitative estimate of drug-likeness (QED) is 0.622. The Hall–Kier alpha value is -3.20. The Morgan fingerprint density at radius 1 is 1.27 bits per heavy atom. The van der Waals surface area contributed by atoms with Gasteiger partial charge in [-0.3, -0.25) is 4.79 Å². The van der Waals surface area contributed by atoms with E-state index in [4.69, 9.17) is 9.47 Å². The number of amides is 1. The van der Waals surface area contributed by atoms with Crippen LogP contribution >= 0.6 is 0 Å². The highest BCUT2D eigenvalue weighted by Gasteiger charge is 2.62. The smallest absolute Gasteiger partial charge is 0.228 e. The van der Waals surface area contributed by atoms with Crippen molar-refractivity contribution in [2.75, 3.05) is 19.0 Å². The lowest BCUT2D eigenvalue weighted by molar-refractivity contribution is -0.118. The minimum atomic E-state index is -1.05. The molecule has 1 aromatic heterocycles. The second kappa shape index (κ2) is 9.35. The molecule has 1 saturated carbocycles. The first-order valence-electron chi connectivity index (χ1n) is 10.6. The van der Waals surface area contributed by atoms with E-state index in [-0.39, 0.29) is 43.0 Å². The van der Waals surface area contributed by atoms with Gasteiger partial charge in [-0.1, -0.05) is 12.2 Å². The molecule has 1 amide bonds. The molecule has 174 valence electrons. The molecule has 0 radical (unpaired) electrons. The van der Waals surface area contributed by atoms with Crippen molar-refractivity contribution in [1.29, 1.82) is 0 Å². The van der Waals surface area contributed by atoms with Gasteiger partial charge in [-0.05, 0) is 37.5 Å². The van der Waals surface area contributed by atoms with Crippen LogP contribution in [0.1, 0.15) is 24.4 Å². The van der Waals surface area contributed by atoms with Gasteiger partial charge in [0.2, 0.25) is 5.91 Å². The summed E-state index contributed by atoms with van der Waals surface area (Å²) >= 11 is 0. The van der Waals surface area contributed by atoms with Gasteiger partial charge in [0.25, 0.3) is 0 Å². The summed E-state index contributed by atoms with van der Waals surface area (Å²) in [4.78, 5) is 21.5. The molecule has 2 aliphatic rings. The summed E-state index contributed by atoms with van der Waals surface area (Å²) in [7, 11) is 1.55. The molecule has 0 spiro atoms. The maximum absolute atomic E-state index is 14.1. The van der Waals surface area contributed by atoms with Crippen molar-refractivity contribution in [2.45, 2.75) is 26.4 Å². The highest BCUT2D eigenvalue weighted by Crippen LogP contribution is 2.61. The number of nitrogens with zero attached hydrogens (tertiary/aromatic N) is 2. The standard InChI is InChI=1S/C24H24F3N3O3/c1-14-28-11-22(21(29-14)12-32-2)33-13-24(15-4-3-5-16(25)8-15)10-18(24)23(31)30-17-6-7-19(26)20(27)9-17/h3-7,9,11,15,18H,8,10,12-13H2,1-2H3,(H,30,31)/t15?,18-,24+/m0/s1. The van der Waals surface area contributed by atoms with Crippen molar-refractivity contribution in [3.63, 3.8) is 0 Å². The Balaban J connectivity index is 1.54. The molecule has 3 atom stereocenters. The van der Waals surface area contributed by atoms with E-state index in [2.05, 4.69) is 15.3 Å². The van der Waals surface area contributed by atoms with Crippen LogP contribution in [0.15, 0.2) is 48.5 Å². The van der Waals surface area contributed by atoms with Gasteiger partial charge in [-0.15, -0.1) is 0 Å². The van der Waals surface area contributed by atoms with Crippen LogP contribution in [0, 0.1) is 35.8 Å². The van der Waals surface area contributed by atoms with E-state index in [0.717, 1.165) is 12.1 Å². The summed E-state index contributed by atoms with van der Waals surface area (Å²) in [6.07, 6.45) is 7.08. The Labute approximate surface area is 189 Å². The van der Waals surface area contributed by atoms with E-state index in [1.54, 1.807) is 26.3 Å². The van der Waals surface area contributed by atoms with E-state index < -0.39 is 23.0 Å². The number of ether oxygens (including phenoxy) is 2. The number of rotatable bonds is 8. The number of methoxy groups -OCH3 is 1. The molecule has 33 heavy (non-hydrogen) atoms. The number of aryl methyl sites for hydroxylation is 1. The maximum atomic E-state index is 14.1.